The molecule has 0 aliphatic carbocycles. The summed E-state index contributed by atoms with van der Waals surface area (Å²) >= 11 is 6.08. The maximum Gasteiger partial charge on any atom is 0.158 e. The first-order chi connectivity index (χ1) is 9.63. The molecule has 110 valence electrons. The molecule has 1 saturated heterocycles. The van der Waals surface area contributed by atoms with Gasteiger partial charge in [-0.2, -0.15) is 5.10 Å². The number of aryl methyl sites for hydroxylation is 2. The van der Waals surface area contributed by atoms with Gasteiger partial charge in [0.15, 0.2) is 5.65 Å². The highest BCUT2D eigenvalue weighted by molar-refractivity contribution is 6.16. The number of nitrogens with zero attached hydrogens (tertiary/aromatic N) is 5. The Hall–Kier alpha value is -1.07. The van der Waals surface area contributed by atoms with Gasteiger partial charge < -0.3 is 9.47 Å². The first-order valence-electron chi connectivity index (χ1n) is 7.31. The Morgan fingerprint density at radius 1 is 1.40 bits per heavy atom. The number of likely N-dealkylation sites (tertiary alicyclic amines) is 1. The predicted molar refractivity (Wildman–Crippen MR) is 81.0 cm³/mol. The summed E-state index contributed by atoms with van der Waals surface area (Å²) in [5, 5.41) is 4.47. The lowest BCUT2D eigenvalue weighted by Crippen LogP contribution is -2.22. The van der Waals surface area contributed by atoms with Crippen LogP contribution in [0.15, 0.2) is 0 Å². The fourth-order valence-corrected chi connectivity index (χ4v) is 3.49. The van der Waals surface area contributed by atoms with Crippen molar-refractivity contribution in [1.82, 2.24) is 24.2 Å². The molecule has 20 heavy (non-hydrogen) atoms. The summed E-state index contributed by atoms with van der Waals surface area (Å²) in [7, 11) is 1.98. The number of aromatic nitrogens is 4. The molecule has 1 aliphatic rings. The van der Waals surface area contributed by atoms with Crippen LogP contribution in [0.4, 0.5) is 0 Å². The highest BCUT2D eigenvalue weighted by atomic mass is 35.5. The van der Waals surface area contributed by atoms with Gasteiger partial charge >= 0.3 is 0 Å². The second-order valence-corrected chi connectivity index (χ2v) is 5.97. The predicted octanol–water partition coefficient (Wildman–Crippen LogP) is 2.16. The number of hydrogen-bond acceptors (Lipinski definition) is 3. The summed E-state index contributed by atoms with van der Waals surface area (Å²) in [6.45, 7) is 8.75. The lowest BCUT2D eigenvalue weighted by Gasteiger charge is -2.15. The Labute approximate surface area is 124 Å². The molecule has 0 bridgehead atoms. The van der Waals surface area contributed by atoms with Crippen LogP contribution in [0.3, 0.4) is 0 Å². The van der Waals surface area contributed by atoms with Crippen LogP contribution in [0, 0.1) is 12.8 Å². The fourth-order valence-electron chi connectivity index (χ4n) is 3.28. The molecule has 0 N–H and O–H groups in total. The van der Waals surface area contributed by atoms with Crippen molar-refractivity contribution < 1.29 is 0 Å². The highest BCUT2D eigenvalue weighted by Crippen LogP contribution is 2.24. The van der Waals surface area contributed by atoms with Crippen molar-refractivity contribution in [2.45, 2.75) is 32.7 Å². The van der Waals surface area contributed by atoms with Gasteiger partial charge in [0.1, 0.15) is 11.3 Å². The van der Waals surface area contributed by atoms with E-state index in [0.29, 0.717) is 11.8 Å². The molecule has 6 heteroatoms. The molecule has 0 saturated carbocycles. The number of halogens is 1. The molecule has 3 rings (SSSR count). The van der Waals surface area contributed by atoms with Crippen molar-refractivity contribution in [2.75, 3.05) is 19.6 Å². The molecule has 0 amide bonds. The molecule has 3 heterocycles. The van der Waals surface area contributed by atoms with E-state index in [-0.39, 0.29) is 0 Å². The summed E-state index contributed by atoms with van der Waals surface area (Å²) in [4.78, 5) is 7.17. The second-order valence-electron chi connectivity index (χ2n) is 5.70. The van der Waals surface area contributed by atoms with Crippen LogP contribution in [0.2, 0.25) is 0 Å². The van der Waals surface area contributed by atoms with Crippen molar-refractivity contribution >= 4 is 22.8 Å². The van der Waals surface area contributed by atoms with E-state index in [1.165, 1.54) is 19.5 Å². The minimum atomic E-state index is 0.457. The van der Waals surface area contributed by atoms with Crippen LogP contribution < -0.4 is 0 Å². The van der Waals surface area contributed by atoms with E-state index in [9.17, 15) is 0 Å². The Balaban J connectivity index is 1.93. The van der Waals surface area contributed by atoms with Crippen molar-refractivity contribution in [1.29, 1.82) is 0 Å². The van der Waals surface area contributed by atoms with Crippen LogP contribution in [0.5, 0.6) is 0 Å². The van der Waals surface area contributed by atoms with E-state index in [2.05, 4.69) is 26.5 Å². The topological polar surface area (TPSA) is 38.9 Å². The Bertz CT molecular complexity index is 615. The van der Waals surface area contributed by atoms with E-state index >= 15 is 0 Å². The quantitative estimate of drug-likeness (QED) is 0.812. The molecule has 2 aromatic heterocycles. The highest BCUT2D eigenvalue weighted by Gasteiger charge is 2.24. The van der Waals surface area contributed by atoms with Crippen molar-refractivity contribution in [3.8, 4) is 0 Å². The SMILES string of the molecule is CCN1CCC(Cn2c(CCl)nc3c(C)nn(C)c32)C1. The number of hydrogen-bond donors (Lipinski definition) is 0. The van der Waals surface area contributed by atoms with Crippen LogP contribution >= 0.6 is 11.6 Å². The van der Waals surface area contributed by atoms with E-state index in [1.54, 1.807) is 0 Å². The third-order valence-electron chi connectivity index (χ3n) is 4.35. The second kappa shape index (κ2) is 5.37. The normalized spacial score (nSPS) is 20.3. The third-order valence-corrected chi connectivity index (χ3v) is 4.59. The Kier molecular flexibility index (Phi) is 3.73. The van der Waals surface area contributed by atoms with Gasteiger partial charge in [-0.25, -0.2) is 4.98 Å². The van der Waals surface area contributed by atoms with Gasteiger partial charge in [0, 0.05) is 20.1 Å². The van der Waals surface area contributed by atoms with Crippen LogP contribution in [-0.4, -0.2) is 43.9 Å². The average Bonchev–Trinajstić information content (AvgIpc) is 3.09. The summed E-state index contributed by atoms with van der Waals surface area (Å²) in [6.07, 6.45) is 1.26. The van der Waals surface area contributed by atoms with Crippen molar-refractivity contribution in [3.63, 3.8) is 0 Å². The molecule has 5 nitrogen and oxygen atoms in total. The molecular weight excluding hydrogens is 274 g/mol. The monoisotopic (exact) mass is 295 g/mol. The summed E-state index contributed by atoms with van der Waals surface area (Å²) in [5.41, 5.74) is 3.08. The van der Waals surface area contributed by atoms with Crippen LogP contribution in [0.25, 0.3) is 11.2 Å². The minimum absolute atomic E-state index is 0.457. The summed E-state index contributed by atoms with van der Waals surface area (Å²) < 4.78 is 4.20. The lowest BCUT2D eigenvalue weighted by atomic mass is 10.1. The summed E-state index contributed by atoms with van der Waals surface area (Å²) in [6, 6.07) is 0. The number of imidazole rings is 1. The first kappa shape index (κ1) is 13.9. The molecule has 1 unspecified atom stereocenters. The van der Waals surface area contributed by atoms with Gasteiger partial charge in [0.2, 0.25) is 0 Å². The third kappa shape index (κ3) is 2.23. The Morgan fingerprint density at radius 2 is 2.20 bits per heavy atom. The average molecular weight is 296 g/mol. The van der Waals surface area contributed by atoms with E-state index in [4.69, 9.17) is 11.6 Å². The standard InChI is InChI=1S/C14H22ClN5/c1-4-19-6-5-11(8-19)9-20-12(7-15)16-13-10(2)17-18(3)14(13)20/h11H,4-9H2,1-3H3. The molecule has 2 aromatic rings. The number of rotatable bonds is 4. The maximum atomic E-state index is 6.08. The number of alkyl halides is 1. The maximum absolute atomic E-state index is 6.08. The van der Waals surface area contributed by atoms with Crippen molar-refractivity contribution in [2.24, 2.45) is 13.0 Å². The molecule has 0 spiro atoms. The van der Waals surface area contributed by atoms with Gasteiger partial charge in [0.25, 0.3) is 0 Å². The van der Waals surface area contributed by atoms with Gasteiger partial charge in [-0.15, -0.1) is 11.6 Å². The van der Waals surface area contributed by atoms with E-state index in [1.807, 2.05) is 18.7 Å². The summed E-state index contributed by atoms with van der Waals surface area (Å²) in [5.74, 6) is 2.11. The molecule has 0 radical (unpaired) electrons. The van der Waals surface area contributed by atoms with Gasteiger partial charge in [-0.05, 0) is 32.4 Å². The molecule has 1 aliphatic heterocycles. The smallest absolute Gasteiger partial charge is 0.158 e. The van der Waals surface area contributed by atoms with Crippen LogP contribution in [0.1, 0.15) is 24.9 Å². The Morgan fingerprint density at radius 3 is 2.85 bits per heavy atom. The zero-order valence-electron chi connectivity index (χ0n) is 12.4. The fraction of sp³-hybridized carbons (Fsp3) is 0.714. The first-order valence-corrected chi connectivity index (χ1v) is 7.84. The zero-order chi connectivity index (χ0) is 14.3. The van der Waals surface area contributed by atoms with Crippen LogP contribution in [-0.2, 0) is 19.5 Å². The van der Waals surface area contributed by atoms with E-state index < -0.39 is 0 Å². The van der Waals surface area contributed by atoms with E-state index in [0.717, 1.165) is 35.8 Å². The molecule has 0 aromatic carbocycles. The molecule has 1 fully saturated rings. The zero-order valence-corrected chi connectivity index (χ0v) is 13.2. The van der Waals surface area contributed by atoms with Gasteiger partial charge in [0.05, 0.1) is 11.6 Å². The lowest BCUT2D eigenvalue weighted by molar-refractivity contribution is 0.332. The number of fused-ring (bicyclic) bond motifs is 1. The largest absolute Gasteiger partial charge is 0.312 e. The van der Waals surface area contributed by atoms with Gasteiger partial charge in [-0.1, -0.05) is 6.92 Å². The molecular formula is C14H22ClN5. The van der Waals surface area contributed by atoms with Crippen molar-refractivity contribution in [3.05, 3.63) is 11.5 Å². The van der Waals surface area contributed by atoms with Gasteiger partial charge in [-0.3, -0.25) is 4.68 Å². The molecule has 1 atom stereocenters. The minimum Gasteiger partial charge on any atom is -0.312 e.